The molecule has 0 unspecified atom stereocenters. The zero-order chi connectivity index (χ0) is 19.0. The number of halogens is 1. The monoisotopic (exact) mass is 426 g/mol. The average Bonchev–Trinajstić information content (AvgIpc) is 3.14. The number of H-pyrrole nitrogens is 1. The van der Waals surface area contributed by atoms with Crippen molar-refractivity contribution in [1.29, 1.82) is 0 Å². The third-order valence-corrected chi connectivity index (χ3v) is 4.87. The second kappa shape index (κ2) is 7.17. The molecule has 0 bridgehead atoms. The molecule has 0 spiro atoms. The number of para-hydroxylation sites is 1. The zero-order valence-corrected chi connectivity index (χ0v) is 16.6. The standard InChI is InChI=1S/C20H19BrN4O2/c1-25(2)9-10-27-24-18-14-5-3-4-6-15(14)22-19(18)17-13-8-7-12(21)11-16(13)23-20(17)26/h3-8,11,23,26H,9-10H2,1-2H3/b24-18-. The maximum absolute atomic E-state index is 10.6. The van der Waals surface area contributed by atoms with Crippen LogP contribution in [-0.2, 0) is 4.84 Å². The minimum atomic E-state index is 0.0654. The number of hydrogen-bond acceptors (Lipinski definition) is 5. The molecule has 3 aromatic rings. The molecule has 1 aromatic heterocycles. The van der Waals surface area contributed by atoms with Crippen molar-refractivity contribution in [2.75, 3.05) is 27.2 Å². The highest BCUT2D eigenvalue weighted by Gasteiger charge is 2.29. The fourth-order valence-electron chi connectivity index (χ4n) is 3.07. The maximum Gasteiger partial charge on any atom is 0.199 e. The van der Waals surface area contributed by atoms with Crippen LogP contribution in [0, 0.1) is 0 Å². The summed E-state index contributed by atoms with van der Waals surface area (Å²) in [6.07, 6.45) is 0. The van der Waals surface area contributed by atoms with Gasteiger partial charge in [-0.05, 0) is 32.3 Å². The van der Waals surface area contributed by atoms with Gasteiger partial charge in [-0.15, -0.1) is 0 Å². The van der Waals surface area contributed by atoms with Crippen LogP contribution in [0.4, 0.5) is 5.69 Å². The number of likely N-dealkylation sites (N-methyl/N-ethyl adjacent to an activating group) is 1. The Morgan fingerprint density at radius 3 is 2.85 bits per heavy atom. The van der Waals surface area contributed by atoms with E-state index in [1.54, 1.807) is 0 Å². The van der Waals surface area contributed by atoms with Crippen LogP contribution in [0.3, 0.4) is 0 Å². The SMILES string of the molecule is CN(C)CCO/N=C1\C(c2c(O)[nH]c3cc(Br)ccc23)=Nc2ccccc21. The summed E-state index contributed by atoms with van der Waals surface area (Å²) >= 11 is 3.46. The molecule has 1 aliphatic heterocycles. The van der Waals surface area contributed by atoms with Gasteiger partial charge in [0.25, 0.3) is 0 Å². The first-order valence-electron chi connectivity index (χ1n) is 8.58. The van der Waals surface area contributed by atoms with E-state index in [4.69, 9.17) is 9.83 Å². The Morgan fingerprint density at radius 2 is 2.04 bits per heavy atom. The minimum absolute atomic E-state index is 0.0654. The number of fused-ring (bicyclic) bond motifs is 2. The quantitative estimate of drug-likeness (QED) is 0.477. The lowest BCUT2D eigenvalue weighted by Gasteiger charge is -2.09. The Kier molecular flexibility index (Phi) is 4.72. The number of benzene rings is 2. The fourth-order valence-corrected chi connectivity index (χ4v) is 3.43. The number of nitrogens with zero attached hydrogens (tertiary/aromatic N) is 3. The average molecular weight is 427 g/mol. The number of aliphatic imine (C=N–C) groups is 1. The smallest absolute Gasteiger partial charge is 0.199 e. The van der Waals surface area contributed by atoms with Crippen molar-refractivity contribution in [3.05, 3.63) is 58.1 Å². The lowest BCUT2D eigenvalue weighted by atomic mass is 10.0. The van der Waals surface area contributed by atoms with E-state index >= 15 is 0 Å². The van der Waals surface area contributed by atoms with Crippen LogP contribution < -0.4 is 0 Å². The third kappa shape index (κ3) is 3.36. The molecule has 0 aliphatic carbocycles. The number of nitrogens with one attached hydrogen (secondary N) is 1. The first kappa shape index (κ1) is 17.8. The summed E-state index contributed by atoms with van der Waals surface area (Å²) in [4.78, 5) is 15.3. The van der Waals surface area contributed by atoms with Crippen LogP contribution >= 0.6 is 15.9 Å². The van der Waals surface area contributed by atoms with Crippen molar-refractivity contribution in [3.8, 4) is 5.88 Å². The molecule has 7 heteroatoms. The molecule has 0 atom stereocenters. The van der Waals surface area contributed by atoms with Gasteiger partial charge in [-0.3, -0.25) is 0 Å². The normalized spacial score (nSPS) is 14.8. The number of oxime groups is 1. The summed E-state index contributed by atoms with van der Waals surface area (Å²) in [5.41, 5.74) is 4.39. The Hall–Kier alpha value is -2.64. The summed E-state index contributed by atoms with van der Waals surface area (Å²) in [6.45, 7) is 1.23. The molecule has 2 N–H and O–H groups in total. The Labute approximate surface area is 165 Å². The number of aromatic amines is 1. The van der Waals surface area contributed by atoms with Gasteiger partial charge in [0, 0.05) is 22.0 Å². The lowest BCUT2D eigenvalue weighted by molar-refractivity contribution is 0.126. The van der Waals surface area contributed by atoms with Crippen LogP contribution in [0.5, 0.6) is 5.88 Å². The van der Waals surface area contributed by atoms with Gasteiger partial charge in [0.15, 0.2) is 5.88 Å². The molecule has 0 radical (unpaired) electrons. The number of aromatic nitrogens is 1. The van der Waals surface area contributed by atoms with Gasteiger partial charge in [-0.2, -0.15) is 0 Å². The molecule has 27 heavy (non-hydrogen) atoms. The molecular formula is C20H19BrN4O2. The van der Waals surface area contributed by atoms with Gasteiger partial charge in [0.2, 0.25) is 0 Å². The molecular weight excluding hydrogens is 408 g/mol. The van der Waals surface area contributed by atoms with Crippen molar-refractivity contribution in [2.45, 2.75) is 0 Å². The van der Waals surface area contributed by atoms with Crippen LogP contribution in [0.15, 0.2) is 57.1 Å². The zero-order valence-electron chi connectivity index (χ0n) is 15.0. The molecule has 1 aliphatic rings. The highest BCUT2D eigenvalue weighted by Crippen LogP contribution is 2.36. The van der Waals surface area contributed by atoms with Crippen molar-refractivity contribution in [1.82, 2.24) is 9.88 Å². The van der Waals surface area contributed by atoms with Gasteiger partial charge >= 0.3 is 0 Å². The minimum Gasteiger partial charge on any atom is -0.494 e. The van der Waals surface area contributed by atoms with Crippen molar-refractivity contribution in [3.63, 3.8) is 0 Å². The Morgan fingerprint density at radius 1 is 1.22 bits per heavy atom. The lowest BCUT2D eigenvalue weighted by Crippen LogP contribution is -2.18. The van der Waals surface area contributed by atoms with Crippen LogP contribution in [0.2, 0.25) is 0 Å². The molecule has 0 saturated heterocycles. The van der Waals surface area contributed by atoms with E-state index in [2.05, 4.69) is 26.1 Å². The Bertz CT molecular complexity index is 1070. The van der Waals surface area contributed by atoms with E-state index in [1.807, 2.05) is 61.5 Å². The summed E-state index contributed by atoms with van der Waals surface area (Å²) in [7, 11) is 3.97. The third-order valence-electron chi connectivity index (χ3n) is 4.38. The van der Waals surface area contributed by atoms with Crippen LogP contribution in [0.25, 0.3) is 10.9 Å². The number of aromatic hydroxyl groups is 1. The molecule has 0 saturated carbocycles. The van der Waals surface area contributed by atoms with Gasteiger partial charge in [0.05, 0.1) is 16.8 Å². The largest absolute Gasteiger partial charge is 0.494 e. The van der Waals surface area contributed by atoms with Crippen molar-refractivity contribution < 1.29 is 9.94 Å². The van der Waals surface area contributed by atoms with Crippen molar-refractivity contribution >= 4 is 43.9 Å². The molecule has 0 amide bonds. The molecule has 2 heterocycles. The maximum atomic E-state index is 10.6. The van der Waals surface area contributed by atoms with Crippen LogP contribution in [0.1, 0.15) is 11.1 Å². The number of hydrogen-bond donors (Lipinski definition) is 2. The first-order valence-corrected chi connectivity index (χ1v) is 9.37. The van der Waals surface area contributed by atoms with Gasteiger partial charge in [-0.25, -0.2) is 4.99 Å². The first-order chi connectivity index (χ1) is 13.0. The molecule has 0 fully saturated rings. The van der Waals surface area contributed by atoms with Crippen molar-refractivity contribution in [2.24, 2.45) is 10.1 Å². The van der Waals surface area contributed by atoms with E-state index in [-0.39, 0.29) is 5.88 Å². The molecule has 6 nitrogen and oxygen atoms in total. The number of rotatable bonds is 5. The van der Waals surface area contributed by atoms with Gasteiger partial charge in [0.1, 0.15) is 18.0 Å². The fraction of sp³-hybridized carbons (Fsp3) is 0.200. The molecule has 4 rings (SSSR count). The highest BCUT2D eigenvalue weighted by atomic mass is 79.9. The van der Waals surface area contributed by atoms with E-state index in [0.717, 1.165) is 33.2 Å². The van der Waals surface area contributed by atoms with Gasteiger partial charge < -0.3 is 19.8 Å². The summed E-state index contributed by atoms with van der Waals surface area (Å²) in [5.74, 6) is 0.0654. The summed E-state index contributed by atoms with van der Waals surface area (Å²) in [6, 6.07) is 13.6. The second-order valence-electron chi connectivity index (χ2n) is 6.59. The van der Waals surface area contributed by atoms with Crippen LogP contribution in [-0.4, -0.2) is 53.7 Å². The second-order valence-corrected chi connectivity index (χ2v) is 7.51. The summed E-state index contributed by atoms with van der Waals surface area (Å²) in [5, 5.41) is 15.8. The predicted molar refractivity (Wildman–Crippen MR) is 111 cm³/mol. The topological polar surface area (TPSA) is 73.2 Å². The van der Waals surface area contributed by atoms with E-state index < -0.39 is 0 Å². The molecule has 2 aromatic carbocycles. The predicted octanol–water partition coefficient (Wildman–Crippen LogP) is 4.05. The van der Waals surface area contributed by atoms with E-state index in [0.29, 0.717) is 23.6 Å². The van der Waals surface area contributed by atoms with E-state index in [9.17, 15) is 5.11 Å². The Balaban J connectivity index is 1.79. The van der Waals surface area contributed by atoms with Gasteiger partial charge in [-0.1, -0.05) is 45.4 Å². The molecule has 138 valence electrons. The summed E-state index contributed by atoms with van der Waals surface area (Å²) < 4.78 is 0.931. The van der Waals surface area contributed by atoms with E-state index in [1.165, 1.54) is 0 Å². The highest BCUT2D eigenvalue weighted by molar-refractivity contribution is 9.10.